The molecular weight excluding hydrogens is 330 g/mol. The zero-order valence-corrected chi connectivity index (χ0v) is 13.7. The monoisotopic (exact) mass is 347 g/mol. The van der Waals surface area contributed by atoms with Crippen LogP contribution in [0.4, 0.5) is 0 Å². The first-order valence-corrected chi connectivity index (χ1v) is 7.69. The Labute approximate surface area is 133 Å². The normalized spacial score (nSPS) is 20.2. The van der Waals surface area contributed by atoms with E-state index in [0.29, 0.717) is 0 Å². The highest BCUT2D eigenvalue weighted by Gasteiger charge is 2.39. The zero-order valence-electron chi connectivity index (χ0n) is 12.2. The first-order valence-electron chi connectivity index (χ1n) is 6.90. The lowest BCUT2D eigenvalue weighted by atomic mass is 9.84. The van der Waals surface area contributed by atoms with Crippen LogP contribution in [0.5, 0.6) is 11.5 Å². The molecule has 0 saturated heterocycles. The average Bonchev–Trinajstić information content (AvgIpc) is 2.86. The largest absolute Gasteiger partial charge is 0.495 e. The second-order valence-corrected chi connectivity index (χ2v) is 6.08. The molecule has 0 spiro atoms. The summed E-state index contributed by atoms with van der Waals surface area (Å²) in [5.74, 6) is 1.49. The fourth-order valence-electron chi connectivity index (χ4n) is 3.17. The Bertz CT molecular complexity index is 686. The van der Waals surface area contributed by atoms with E-state index in [1.807, 2.05) is 18.2 Å². The van der Waals surface area contributed by atoms with Crippen molar-refractivity contribution in [3.63, 3.8) is 0 Å². The van der Waals surface area contributed by atoms with Crippen LogP contribution in [-0.4, -0.2) is 14.2 Å². The molecule has 2 aromatic carbocycles. The number of rotatable bonds is 3. The van der Waals surface area contributed by atoms with Crippen molar-refractivity contribution in [2.75, 3.05) is 14.2 Å². The van der Waals surface area contributed by atoms with Gasteiger partial charge in [-0.15, -0.1) is 0 Å². The van der Waals surface area contributed by atoms with Crippen LogP contribution in [-0.2, 0) is 12.0 Å². The topological polar surface area (TPSA) is 44.5 Å². The maximum Gasteiger partial charge on any atom is 0.142 e. The van der Waals surface area contributed by atoms with Gasteiger partial charge in [-0.25, -0.2) is 0 Å². The third-order valence-electron chi connectivity index (χ3n) is 4.25. The van der Waals surface area contributed by atoms with Crippen molar-refractivity contribution < 1.29 is 9.47 Å². The van der Waals surface area contributed by atoms with Gasteiger partial charge in [0.05, 0.1) is 19.8 Å². The van der Waals surface area contributed by atoms with Crippen molar-refractivity contribution in [3.8, 4) is 11.5 Å². The average molecular weight is 348 g/mol. The summed E-state index contributed by atoms with van der Waals surface area (Å²) in [5.41, 5.74) is 9.75. The molecule has 110 valence electrons. The quantitative estimate of drug-likeness (QED) is 0.922. The number of hydrogen-bond acceptors (Lipinski definition) is 3. The van der Waals surface area contributed by atoms with Crippen molar-refractivity contribution in [1.82, 2.24) is 0 Å². The van der Waals surface area contributed by atoms with Gasteiger partial charge in [-0.05, 0) is 52.0 Å². The maximum atomic E-state index is 6.79. The molecule has 2 aromatic rings. The third-order valence-corrected chi connectivity index (χ3v) is 5.00. The number of fused-ring (bicyclic) bond motifs is 1. The highest BCUT2D eigenvalue weighted by Crippen LogP contribution is 2.47. The standard InChI is InChI=1S/C17H18BrNO2/c1-20-14-8-7-13(16(21-2)15(14)18)17(19)10-9-11-5-3-4-6-12(11)17/h3-8H,9-10,19H2,1-2H3. The van der Waals surface area contributed by atoms with Gasteiger partial charge < -0.3 is 15.2 Å². The number of aryl methyl sites for hydroxylation is 1. The van der Waals surface area contributed by atoms with E-state index in [-0.39, 0.29) is 0 Å². The predicted molar refractivity (Wildman–Crippen MR) is 87.0 cm³/mol. The summed E-state index contributed by atoms with van der Waals surface area (Å²) in [4.78, 5) is 0. The summed E-state index contributed by atoms with van der Waals surface area (Å²) in [7, 11) is 3.30. The minimum Gasteiger partial charge on any atom is -0.495 e. The van der Waals surface area contributed by atoms with Gasteiger partial charge in [0.25, 0.3) is 0 Å². The van der Waals surface area contributed by atoms with Crippen LogP contribution >= 0.6 is 15.9 Å². The maximum absolute atomic E-state index is 6.79. The molecule has 0 radical (unpaired) electrons. The fourth-order valence-corrected chi connectivity index (χ4v) is 3.84. The summed E-state index contributed by atoms with van der Waals surface area (Å²) in [6, 6.07) is 12.3. The van der Waals surface area contributed by atoms with Gasteiger partial charge >= 0.3 is 0 Å². The Morgan fingerprint density at radius 1 is 1.05 bits per heavy atom. The number of nitrogens with two attached hydrogens (primary N) is 1. The Balaban J connectivity index is 2.20. The Kier molecular flexibility index (Phi) is 3.68. The molecule has 0 aliphatic heterocycles. The number of hydrogen-bond donors (Lipinski definition) is 1. The van der Waals surface area contributed by atoms with Gasteiger partial charge in [0.15, 0.2) is 0 Å². The molecule has 0 fully saturated rings. The van der Waals surface area contributed by atoms with Crippen molar-refractivity contribution in [2.24, 2.45) is 5.73 Å². The second-order valence-electron chi connectivity index (χ2n) is 5.29. The molecule has 0 amide bonds. The van der Waals surface area contributed by atoms with Crippen molar-refractivity contribution in [2.45, 2.75) is 18.4 Å². The second kappa shape index (κ2) is 5.35. The van der Waals surface area contributed by atoms with E-state index in [9.17, 15) is 0 Å². The molecule has 1 atom stereocenters. The van der Waals surface area contributed by atoms with Crippen molar-refractivity contribution >= 4 is 15.9 Å². The molecule has 21 heavy (non-hydrogen) atoms. The molecule has 3 rings (SSSR count). The lowest BCUT2D eigenvalue weighted by Gasteiger charge is -2.29. The van der Waals surface area contributed by atoms with Crippen LogP contribution in [0.3, 0.4) is 0 Å². The van der Waals surface area contributed by atoms with E-state index in [0.717, 1.165) is 34.4 Å². The third kappa shape index (κ3) is 2.14. The molecule has 0 saturated carbocycles. The number of benzene rings is 2. The minimum atomic E-state index is -0.517. The molecule has 0 bridgehead atoms. The van der Waals surface area contributed by atoms with Crippen LogP contribution in [0.15, 0.2) is 40.9 Å². The highest BCUT2D eigenvalue weighted by molar-refractivity contribution is 9.10. The molecule has 0 heterocycles. The van der Waals surface area contributed by atoms with Crippen LogP contribution < -0.4 is 15.2 Å². The lowest BCUT2D eigenvalue weighted by molar-refractivity contribution is 0.376. The van der Waals surface area contributed by atoms with Crippen molar-refractivity contribution in [3.05, 3.63) is 57.6 Å². The van der Waals surface area contributed by atoms with Gasteiger partial charge in [-0.2, -0.15) is 0 Å². The molecule has 1 aliphatic rings. The number of methoxy groups -OCH3 is 2. The van der Waals surface area contributed by atoms with E-state index >= 15 is 0 Å². The van der Waals surface area contributed by atoms with Gasteiger partial charge in [-0.1, -0.05) is 24.3 Å². The van der Waals surface area contributed by atoms with Crippen LogP contribution in [0.25, 0.3) is 0 Å². The summed E-state index contributed by atoms with van der Waals surface area (Å²) >= 11 is 3.56. The molecule has 1 aliphatic carbocycles. The minimum absolute atomic E-state index is 0.517. The number of halogens is 1. The molecular formula is C17H18BrNO2. The first-order chi connectivity index (χ1) is 10.1. The SMILES string of the molecule is COc1ccc(C2(N)CCc3ccccc32)c(OC)c1Br. The molecule has 4 heteroatoms. The van der Waals surface area contributed by atoms with Crippen LogP contribution in [0, 0.1) is 0 Å². The van der Waals surface area contributed by atoms with E-state index in [4.69, 9.17) is 15.2 Å². The summed E-state index contributed by atoms with van der Waals surface area (Å²) < 4.78 is 11.7. The summed E-state index contributed by atoms with van der Waals surface area (Å²) in [5, 5.41) is 0. The summed E-state index contributed by atoms with van der Waals surface area (Å²) in [6.45, 7) is 0. The summed E-state index contributed by atoms with van der Waals surface area (Å²) in [6.07, 6.45) is 1.86. The predicted octanol–water partition coefficient (Wildman–Crippen LogP) is 3.61. The van der Waals surface area contributed by atoms with E-state index in [1.54, 1.807) is 14.2 Å². The smallest absolute Gasteiger partial charge is 0.142 e. The Morgan fingerprint density at radius 2 is 1.81 bits per heavy atom. The van der Waals surface area contributed by atoms with Crippen molar-refractivity contribution in [1.29, 1.82) is 0 Å². The van der Waals surface area contributed by atoms with Gasteiger partial charge in [0, 0.05) is 5.56 Å². The van der Waals surface area contributed by atoms with E-state index in [1.165, 1.54) is 11.1 Å². The van der Waals surface area contributed by atoms with Gasteiger partial charge in [0.1, 0.15) is 16.0 Å². The molecule has 1 unspecified atom stereocenters. The van der Waals surface area contributed by atoms with Gasteiger partial charge in [0.2, 0.25) is 0 Å². The Morgan fingerprint density at radius 3 is 2.52 bits per heavy atom. The molecule has 2 N–H and O–H groups in total. The van der Waals surface area contributed by atoms with Crippen LogP contribution in [0.2, 0.25) is 0 Å². The molecule has 3 nitrogen and oxygen atoms in total. The molecule has 0 aromatic heterocycles. The fraction of sp³-hybridized carbons (Fsp3) is 0.294. The van der Waals surface area contributed by atoms with Crippen LogP contribution in [0.1, 0.15) is 23.1 Å². The lowest BCUT2D eigenvalue weighted by Crippen LogP contribution is -2.35. The number of ether oxygens (including phenoxy) is 2. The van der Waals surface area contributed by atoms with Gasteiger partial charge in [-0.3, -0.25) is 0 Å². The van der Waals surface area contributed by atoms with E-state index in [2.05, 4.69) is 34.1 Å². The Hall–Kier alpha value is -1.52. The highest BCUT2D eigenvalue weighted by atomic mass is 79.9. The first kappa shape index (κ1) is 14.4. The van der Waals surface area contributed by atoms with E-state index < -0.39 is 5.54 Å². The zero-order chi connectivity index (χ0) is 15.0.